The fourth-order valence-corrected chi connectivity index (χ4v) is 2.72. The third kappa shape index (κ3) is 5.55. The molecule has 0 spiro atoms. The van der Waals surface area contributed by atoms with Crippen molar-refractivity contribution in [3.8, 4) is 11.3 Å². The fourth-order valence-electron chi connectivity index (χ4n) is 2.50. The molecule has 0 aliphatic rings. The number of hydrogen-bond acceptors (Lipinski definition) is 6. The van der Waals surface area contributed by atoms with Gasteiger partial charge in [-0.15, -0.1) is 0 Å². The first kappa shape index (κ1) is 20.8. The van der Waals surface area contributed by atoms with Gasteiger partial charge < -0.3 is 15.7 Å². The SMILES string of the molecule is OCCCNc1nc(Nc2ccc(Cl)c(C(F)(F)F)c2)cc(-c2cccnc2)n1. The van der Waals surface area contributed by atoms with Crippen molar-refractivity contribution in [3.63, 3.8) is 0 Å². The van der Waals surface area contributed by atoms with E-state index in [1.165, 1.54) is 12.1 Å². The number of halogens is 4. The Labute approximate surface area is 169 Å². The van der Waals surface area contributed by atoms with Crippen molar-refractivity contribution in [2.24, 2.45) is 0 Å². The third-order valence-electron chi connectivity index (χ3n) is 3.85. The van der Waals surface area contributed by atoms with Crippen LogP contribution >= 0.6 is 11.6 Å². The lowest BCUT2D eigenvalue weighted by molar-refractivity contribution is -0.137. The summed E-state index contributed by atoms with van der Waals surface area (Å²) in [6, 6.07) is 8.70. The average Bonchev–Trinajstić information content (AvgIpc) is 2.69. The van der Waals surface area contributed by atoms with Crippen LogP contribution in [0.15, 0.2) is 48.8 Å². The summed E-state index contributed by atoms with van der Waals surface area (Å²) in [4.78, 5) is 12.7. The van der Waals surface area contributed by atoms with E-state index in [-0.39, 0.29) is 23.3 Å². The zero-order valence-electron chi connectivity index (χ0n) is 15.0. The summed E-state index contributed by atoms with van der Waals surface area (Å²) in [6.45, 7) is 0.441. The van der Waals surface area contributed by atoms with Crippen LogP contribution in [0.3, 0.4) is 0 Å². The first-order valence-electron chi connectivity index (χ1n) is 8.65. The van der Waals surface area contributed by atoms with Crippen LogP contribution in [-0.4, -0.2) is 33.2 Å². The van der Waals surface area contributed by atoms with E-state index in [2.05, 4.69) is 25.6 Å². The second-order valence-corrected chi connectivity index (χ2v) is 6.43. The van der Waals surface area contributed by atoms with Crippen LogP contribution in [0, 0.1) is 0 Å². The van der Waals surface area contributed by atoms with E-state index < -0.39 is 11.7 Å². The molecule has 0 radical (unpaired) electrons. The van der Waals surface area contributed by atoms with E-state index in [0.29, 0.717) is 24.5 Å². The minimum atomic E-state index is -4.57. The lowest BCUT2D eigenvalue weighted by Crippen LogP contribution is -2.09. The number of nitrogens with one attached hydrogen (secondary N) is 2. The maximum absolute atomic E-state index is 13.1. The van der Waals surface area contributed by atoms with E-state index in [4.69, 9.17) is 16.7 Å². The van der Waals surface area contributed by atoms with Gasteiger partial charge in [0.15, 0.2) is 0 Å². The molecule has 29 heavy (non-hydrogen) atoms. The standard InChI is InChI=1S/C19H17ClF3N5O/c20-15-5-4-13(9-14(15)19(21,22)23)26-17-10-16(12-3-1-6-24-11-12)27-18(28-17)25-7-2-8-29/h1,3-6,9-11,29H,2,7-8H2,(H2,25,26,27,28). The maximum atomic E-state index is 13.1. The molecule has 2 heterocycles. The molecule has 0 unspecified atom stereocenters. The van der Waals surface area contributed by atoms with Crippen LogP contribution < -0.4 is 10.6 Å². The van der Waals surface area contributed by atoms with Crippen molar-refractivity contribution in [1.29, 1.82) is 0 Å². The summed E-state index contributed by atoms with van der Waals surface area (Å²) in [7, 11) is 0. The molecule has 3 rings (SSSR count). The van der Waals surface area contributed by atoms with E-state index in [1.807, 2.05) is 0 Å². The molecule has 6 nitrogen and oxygen atoms in total. The molecule has 2 aromatic heterocycles. The summed E-state index contributed by atoms with van der Waals surface area (Å²) in [6.07, 6.45) is -0.835. The minimum absolute atomic E-state index is 0.00535. The monoisotopic (exact) mass is 423 g/mol. The van der Waals surface area contributed by atoms with Crippen LogP contribution in [0.1, 0.15) is 12.0 Å². The van der Waals surface area contributed by atoms with Crippen molar-refractivity contribution in [2.75, 3.05) is 23.8 Å². The van der Waals surface area contributed by atoms with E-state index in [1.54, 1.807) is 30.6 Å². The number of aliphatic hydroxyl groups is 1. The first-order chi connectivity index (χ1) is 13.9. The van der Waals surface area contributed by atoms with Gasteiger partial charge >= 0.3 is 6.18 Å². The average molecular weight is 424 g/mol. The number of anilines is 3. The Bertz CT molecular complexity index is 970. The molecule has 3 aromatic rings. The van der Waals surface area contributed by atoms with Crippen molar-refractivity contribution in [3.05, 3.63) is 59.4 Å². The molecule has 3 N–H and O–H groups in total. The third-order valence-corrected chi connectivity index (χ3v) is 4.18. The number of pyridine rings is 1. The van der Waals surface area contributed by atoms with Gasteiger partial charge in [-0.1, -0.05) is 11.6 Å². The molecule has 0 amide bonds. The van der Waals surface area contributed by atoms with Gasteiger partial charge in [0.2, 0.25) is 5.95 Å². The molecule has 152 valence electrons. The summed E-state index contributed by atoms with van der Waals surface area (Å²) in [5.74, 6) is 0.563. The highest BCUT2D eigenvalue weighted by atomic mass is 35.5. The smallest absolute Gasteiger partial charge is 0.396 e. The van der Waals surface area contributed by atoms with E-state index in [0.717, 1.165) is 11.6 Å². The highest BCUT2D eigenvalue weighted by Gasteiger charge is 2.33. The number of rotatable bonds is 7. The summed E-state index contributed by atoms with van der Waals surface area (Å²) in [5.41, 5.74) is 0.494. The highest BCUT2D eigenvalue weighted by molar-refractivity contribution is 6.31. The van der Waals surface area contributed by atoms with Crippen LogP contribution in [0.4, 0.5) is 30.6 Å². The number of hydrogen-bond donors (Lipinski definition) is 3. The number of aromatic nitrogens is 3. The zero-order valence-corrected chi connectivity index (χ0v) is 15.8. The van der Waals surface area contributed by atoms with Crippen LogP contribution in [0.2, 0.25) is 5.02 Å². The predicted octanol–water partition coefficient (Wildman–Crippen LogP) is 4.75. The van der Waals surface area contributed by atoms with Crippen LogP contribution in [0.5, 0.6) is 0 Å². The summed E-state index contributed by atoms with van der Waals surface area (Å²) < 4.78 is 39.3. The Morgan fingerprint density at radius 2 is 1.93 bits per heavy atom. The predicted molar refractivity (Wildman–Crippen MR) is 105 cm³/mol. The number of benzene rings is 1. The zero-order chi connectivity index (χ0) is 20.9. The van der Waals surface area contributed by atoms with Crippen molar-refractivity contribution >= 4 is 29.1 Å². The molecule has 0 aliphatic heterocycles. The normalized spacial score (nSPS) is 11.3. The van der Waals surface area contributed by atoms with Gasteiger partial charge in [0.05, 0.1) is 16.3 Å². The van der Waals surface area contributed by atoms with Gasteiger partial charge in [-0.2, -0.15) is 18.2 Å². The molecule has 1 aromatic carbocycles. The molecular weight excluding hydrogens is 407 g/mol. The lowest BCUT2D eigenvalue weighted by Gasteiger charge is -2.14. The van der Waals surface area contributed by atoms with Gasteiger partial charge in [0, 0.05) is 42.9 Å². The van der Waals surface area contributed by atoms with E-state index in [9.17, 15) is 13.2 Å². The van der Waals surface area contributed by atoms with Crippen molar-refractivity contribution < 1.29 is 18.3 Å². The molecule has 0 fully saturated rings. The van der Waals surface area contributed by atoms with Gasteiger partial charge in [0.1, 0.15) is 5.82 Å². The molecular formula is C19H17ClF3N5O. The molecule has 0 aliphatic carbocycles. The second-order valence-electron chi connectivity index (χ2n) is 6.03. The molecule has 0 bridgehead atoms. The minimum Gasteiger partial charge on any atom is -0.396 e. The van der Waals surface area contributed by atoms with Crippen LogP contribution in [-0.2, 0) is 6.18 Å². The van der Waals surface area contributed by atoms with Gasteiger partial charge in [-0.25, -0.2) is 4.98 Å². The Morgan fingerprint density at radius 1 is 1.10 bits per heavy atom. The van der Waals surface area contributed by atoms with Gasteiger partial charge in [-0.3, -0.25) is 4.98 Å². The second kappa shape index (κ2) is 9.06. The van der Waals surface area contributed by atoms with E-state index >= 15 is 0 Å². The van der Waals surface area contributed by atoms with Gasteiger partial charge in [-0.05, 0) is 36.8 Å². The summed E-state index contributed by atoms with van der Waals surface area (Å²) in [5, 5.41) is 14.4. The fraction of sp³-hybridized carbons (Fsp3) is 0.211. The Morgan fingerprint density at radius 3 is 2.62 bits per heavy atom. The lowest BCUT2D eigenvalue weighted by atomic mass is 10.2. The van der Waals surface area contributed by atoms with Crippen molar-refractivity contribution in [2.45, 2.75) is 12.6 Å². The molecule has 0 saturated heterocycles. The number of nitrogens with zero attached hydrogens (tertiary/aromatic N) is 3. The molecule has 0 saturated carbocycles. The Hall–Kier alpha value is -2.91. The molecule has 0 atom stereocenters. The maximum Gasteiger partial charge on any atom is 0.417 e. The van der Waals surface area contributed by atoms with Gasteiger partial charge in [0.25, 0.3) is 0 Å². The van der Waals surface area contributed by atoms with Crippen molar-refractivity contribution in [1.82, 2.24) is 15.0 Å². The quantitative estimate of drug-likeness (QED) is 0.476. The molecule has 10 heteroatoms. The summed E-state index contributed by atoms with van der Waals surface area (Å²) >= 11 is 5.67. The highest BCUT2D eigenvalue weighted by Crippen LogP contribution is 2.36. The Balaban J connectivity index is 1.95. The topological polar surface area (TPSA) is 83.0 Å². The van der Waals surface area contributed by atoms with Crippen LogP contribution in [0.25, 0.3) is 11.3 Å². The number of aliphatic hydroxyl groups excluding tert-OH is 1. The first-order valence-corrected chi connectivity index (χ1v) is 9.02. The number of alkyl halides is 3. The largest absolute Gasteiger partial charge is 0.417 e. The Kier molecular flexibility index (Phi) is 6.50.